The average molecular weight is 355 g/mol. The minimum atomic E-state index is -3.69. The van der Waals surface area contributed by atoms with Gasteiger partial charge in [-0.05, 0) is 46.9 Å². The lowest BCUT2D eigenvalue weighted by Crippen LogP contribution is -2.23. The molecule has 0 aliphatic heterocycles. The number of nitrogens with one attached hydrogen (secondary N) is 1. The summed E-state index contributed by atoms with van der Waals surface area (Å²) < 4.78 is 30.4. The van der Waals surface area contributed by atoms with Crippen LogP contribution in [0, 0.1) is 3.57 Å². The minimum absolute atomic E-state index is 0.421. The largest absolute Gasteiger partial charge is 0.468 e. The summed E-state index contributed by atoms with van der Waals surface area (Å²) in [4.78, 5) is 10.8. The molecule has 0 saturated carbocycles. The molecule has 0 fully saturated rings. The Kier molecular flexibility index (Phi) is 4.54. The average Bonchev–Trinajstić information content (AvgIpc) is 2.20. The maximum Gasteiger partial charge on any atom is 0.322 e. The molecule has 0 unspecified atom stereocenters. The summed E-state index contributed by atoms with van der Waals surface area (Å²) in [5, 5.41) is 0. The van der Waals surface area contributed by atoms with E-state index < -0.39 is 21.7 Å². The molecule has 88 valence electrons. The highest BCUT2D eigenvalue weighted by atomic mass is 127. The molecule has 1 N–H and O–H groups in total. The zero-order valence-electron chi connectivity index (χ0n) is 8.44. The summed E-state index contributed by atoms with van der Waals surface area (Å²) in [5.41, 5.74) is 0.421. The zero-order chi connectivity index (χ0) is 12.2. The first-order valence-electron chi connectivity index (χ1n) is 4.26. The number of rotatable bonds is 4. The monoisotopic (exact) mass is 355 g/mol. The van der Waals surface area contributed by atoms with Crippen LogP contribution in [0.5, 0.6) is 0 Å². The molecule has 1 aromatic rings. The van der Waals surface area contributed by atoms with Crippen LogP contribution in [0.2, 0.25) is 0 Å². The maximum absolute atomic E-state index is 11.4. The van der Waals surface area contributed by atoms with Crippen LogP contribution in [0.15, 0.2) is 24.3 Å². The van der Waals surface area contributed by atoms with Gasteiger partial charge in [-0.1, -0.05) is 0 Å². The molecule has 5 nitrogen and oxygen atoms in total. The first kappa shape index (κ1) is 13.2. The highest BCUT2D eigenvalue weighted by Crippen LogP contribution is 2.12. The van der Waals surface area contributed by atoms with Crippen molar-refractivity contribution in [3.8, 4) is 0 Å². The number of anilines is 1. The molecule has 0 radical (unpaired) electrons. The van der Waals surface area contributed by atoms with Crippen LogP contribution in [-0.4, -0.2) is 27.2 Å². The van der Waals surface area contributed by atoms with Gasteiger partial charge in [-0.25, -0.2) is 8.42 Å². The Labute approximate surface area is 107 Å². The predicted molar refractivity (Wildman–Crippen MR) is 68.6 cm³/mol. The highest BCUT2D eigenvalue weighted by Gasteiger charge is 2.16. The van der Waals surface area contributed by atoms with E-state index >= 15 is 0 Å². The molecule has 0 heterocycles. The summed E-state index contributed by atoms with van der Waals surface area (Å²) in [6, 6.07) is 6.76. The number of carbonyl (C=O) groups excluding carboxylic acids is 1. The van der Waals surface area contributed by atoms with Crippen molar-refractivity contribution < 1.29 is 17.9 Å². The van der Waals surface area contributed by atoms with E-state index in [9.17, 15) is 13.2 Å². The number of esters is 1. The van der Waals surface area contributed by atoms with Crippen molar-refractivity contribution >= 4 is 44.3 Å². The molecule has 0 aliphatic carbocycles. The van der Waals surface area contributed by atoms with Crippen LogP contribution in [0.3, 0.4) is 0 Å². The minimum Gasteiger partial charge on any atom is -0.468 e. The van der Waals surface area contributed by atoms with Crippen molar-refractivity contribution in [1.82, 2.24) is 0 Å². The standard InChI is InChI=1S/C9H10INO4S/c1-15-9(12)6-16(13,14)11-8-4-2-7(10)3-5-8/h2-5,11H,6H2,1H3. The van der Waals surface area contributed by atoms with Gasteiger partial charge in [0.25, 0.3) is 0 Å². The Morgan fingerprint density at radius 1 is 1.38 bits per heavy atom. The number of hydrogen-bond acceptors (Lipinski definition) is 4. The number of hydrogen-bond donors (Lipinski definition) is 1. The fraction of sp³-hybridized carbons (Fsp3) is 0.222. The Morgan fingerprint density at radius 2 is 1.94 bits per heavy atom. The SMILES string of the molecule is COC(=O)CS(=O)(=O)Nc1ccc(I)cc1. The van der Waals surface area contributed by atoms with E-state index in [0.717, 1.165) is 10.7 Å². The van der Waals surface area contributed by atoms with Crippen LogP contribution >= 0.6 is 22.6 Å². The van der Waals surface area contributed by atoms with Crippen LogP contribution in [0.4, 0.5) is 5.69 Å². The van der Waals surface area contributed by atoms with Crippen LogP contribution in [0.1, 0.15) is 0 Å². The molecule has 0 saturated heterocycles. The van der Waals surface area contributed by atoms with Crippen molar-refractivity contribution in [2.45, 2.75) is 0 Å². The molecule has 1 aromatic carbocycles. The van der Waals surface area contributed by atoms with Gasteiger partial charge in [0.15, 0.2) is 5.75 Å². The second-order valence-corrected chi connectivity index (χ2v) is 5.91. The van der Waals surface area contributed by atoms with Gasteiger partial charge in [-0.2, -0.15) is 0 Å². The first-order chi connectivity index (χ1) is 7.43. The quantitative estimate of drug-likeness (QED) is 0.651. The van der Waals surface area contributed by atoms with E-state index in [1.807, 2.05) is 0 Å². The molecule has 0 aromatic heterocycles. The van der Waals surface area contributed by atoms with Crippen molar-refractivity contribution in [2.24, 2.45) is 0 Å². The molecule has 0 spiro atoms. The first-order valence-corrected chi connectivity index (χ1v) is 6.99. The van der Waals surface area contributed by atoms with Gasteiger partial charge < -0.3 is 4.74 Å². The van der Waals surface area contributed by atoms with Crippen LogP contribution in [-0.2, 0) is 19.6 Å². The summed E-state index contributed by atoms with van der Waals surface area (Å²) in [5.74, 6) is -1.48. The van der Waals surface area contributed by atoms with Gasteiger partial charge in [0.05, 0.1) is 7.11 Å². The Morgan fingerprint density at radius 3 is 2.44 bits per heavy atom. The molecule has 0 bridgehead atoms. The summed E-state index contributed by atoms with van der Waals surface area (Å²) in [6.07, 6.45) is 0. The van der Waals surface area contributed by atoms with Crippen molar-refractivity contribution in [1.29, 1.82) is 0 Å². The van der Waals surface area contributed by atoms with E-state index in [1.165, 1.54) is 0 Å². The summed E-state index contributed by atoms with van der Waals surface area (Å²) in [7, 11) is -2.54. The Hall–Kier alpha value is -0.830. The van der Waals surface area contributed by atoms with Crippen molar-refractivity contribution in [3.63, 3.8) is 0 Å². The van der Waals surface area contributed by atoms with E-state index in [4.69, 9.17) is 0 Å². The van der Waals surface area contributed by atoms with E-state index in [2.05, 4.69) is 32.0 Å². The molecule has 7 heteroatoms. The zero-order valence-corrected chi connectivity index (χ0v) is 11.4. The molecule has 1 rings (SSSR count). The lowest BCUT2D eigenvalue weighted by molar-refractivity contribution is -0.137. The Bertz CT molecular complexity index is 469. The fourth-order valence-corrected chi connectivity index (χ4v) is 2.30. The van der Waals surface area contributed by atoms with Crippen molar-refractivity contribution in [3.05, 3.63) is 27.8 Å². The topological polar surface area (TPSA) is 72.5 Å². The van der Waals surface area contributed by atoms with Gasteiger partial charge in [0, 0.05) is 9.26 Å². The van der Waals surface area contributed by atoms with Gasteiger partial charge in [0.1, 0.15) is 0 Å². The van der Waals surface area contributed by atoms with E-state index in [-0.39, 0.29) is 0 Å². The maximum atomic E-state index is 11.4. The third-order valence-corrected chi connectivity index (χ3v) is 3.53. The molecule has 16 heavy (non-hydrogen) atoms. The van der Waals surface area contributed by atoms with Crippen LogP contribution < -0.4 is 4.72 Å². The molecular formula is C9H10INO4S. The lowest BCUT2D eigenvalue weighted by Gasteiger charge is -2.06. The number of benzene rings is 1. The van der Waals surface area contributed by atoms with E-state index in [0.29, 0.717) is 5.69 Å². The number of ether oxygens (including phenoxy) is 1. The van der Waals surface area contributed by atoms with Gasteiger partial charge >= 0.3 is 5.97 Å². The summed E-state index contributed by atoms with van der Waals surface area (Å²) >= 11 is 2.11. The second kappa shape index (κ2) is 5.48. The molecule has 0 aliphatic rings. The molecule has 0 atom stereocenters. The van der Waals surface area contributed by atoms with Gasteiger partial charge in [0.2, 0.25) is 10.0 Å². The molecular weight excluding hydrogens is 345 g/mol. The van der Waals surface area contributed by atoms with Gasteiger partial charge in [-0.3, -0.25) is 9.52 Å². The number of methoxy groups -OCH3 is 1. The van der Waals surface area contributed by atoms with E-state index in [1.54, 1.807) is 24.3 Å². The Balaban J connectivity index is 2.73. The van der Waals surface area contributed by atoms with Crippen molar-refractivity contribution in [2.75, 3.05) is 17.6 Å². The van der Waals surface area contributed by atoms with Gasteiger partial charge in [-0.15, -0.1) is 0 Å². The lowest BCUT2D eigenvalue weighted by atomic mass is 10.3. The highest BCUT2D eigenvalue weighted by molar-refractivity contribution is 14.1. The number of halogens is 1. The third-order valence-electron chi connectivity index (χ3n) is 1.65. The number of sulfonamides is 1. The molecule has 0 amide bonds. The van der Waals surface area contributed by atoms with Crippen LogP contribution in [0.25, 0.3) is 0 Å². The predicted octanol–water partition coefficient (Wildman–Crippen LogP) is 1.21. The third kappa shape index (κ3) is 4.35. The number of carbonyl (C=O) groups is 1. The smallest absolute Gasteiger partial charge is 0.322 e. The second-order valence-electron chi connectivity index (χ2n) is 2.94. The summed E-state index contributed by atoms with van der Waals surface area (Å²) in [6.45, 7) is 0. The normalized spacial score (nSPS) is 10.9. The fourth-order valence-electron chi connectivity index (χ4n) is 0.948.